The van der Waals surface area contributed by atoms with Crippen molar-refractivity contribution in [1.29, 1.82) is 0 Å². The van der Waals surface area contributed by atoms with E-state index in [9.17, 15) is 19.8 Å². The standard InChI is InChI=1S/2C14H24N2O2Si2.2ClH.Zr/c2*1-19(2,3)15-13(16-20(4,5)6)11-9-7-8-10-12(11)14(17)18;;;/h2*7-10H,1-6H3,(H,15,16)(H,17,18);2*1H;/q;;;;+4/p-4. The van der Waals surface area contributed by atoms with Gasteiger partial charge in [-0.1, -0.05) is 87.8 Å². The van der Waals surface area contributed by atoms with E-state index in [0.717, 1.165) is 0 Å². The molecule has 0 aliphatic rings. The fourth-order valence-electron chi connectivity index (χ4n) is 3.43. The van der Waals surface area contributed by atoms with Gasteiger partial charge in [-0.2, -0.15) is 0 Å². The molecule has 0 amide bonds. The second-order valence-corrected chi connectivity index (χ2v) is 32.3. The van der Waals surface area contributed by atoms with E-state index in [4.69, 9.17) is 9.32 Å². The number of halogens is 2. The zero-order chi connectivity index (χ0) is 31.1. The number of nitrogens with one attached hydrogen (secondary N) is 2. The Balaban J connectivity index is -0.000000696. The van der Waals surface area contributed by atoms with Gasteiger partial charge in [-0.25, -0.2) is 0 Å². The van der Waals surface area contributed by atoms with Crippen molar-refractivity contribution in [3.05, 3.63) is 70.8 Å². The number of nitrogens with zero attached hydrogens (tertiary/aromatic N) is 2. The molecule has 0 radical (unpaired) electrons. The van der Waals surface area contributed by atoms with Crippen LogP contribution < -0.4 is 45.0 Å². The SMILES string of the molecule is C[Si](C)(C)N=C(N[Si](C)(C)C)c1ccccc1C(=O)[O-].C[Si](C)(C)N=C(N[Si](C)(C)C)c1ccccc1C(=O)[O-].[Cl-].[Cl-].[Zr+4]. The molecule has 0 unspecified atom stereocenters. The average Bonchev–Trinajstić information content (AvgIpc) is 2.75. The molecule has 2 rings (SSSR count). The molecule has 0 saturated carbocycles. The second-order valence-electron chi connectivity index (χ2n) is 13.7. The first kappa shape index (κ1) is 46.1. The Morgan fingerprint density at radius 3 is 0.953 bits per heavy atom. The number of rotatable bonds is 8. The average molecular weight is 777 g/mol. The maximum absolute atomic E-state index is 11.3. The van der Waals surface area contributed by atoms with Gasteiger partial charge >= 0.3 is 26.2 Å². The monoisotopic (exact) mass is 774 g/mol. The molecule has 0 spiro atoms. The third-order valence-electron chi connectivity index (χ3n) is 4.69. The number of benzene rings is 2. The molecule has 2 aromatic rings. The van der Waals surface area contributed by atoms with Gasteiger partial charge in [0.25, 0.3) is 0 Å². The Labute approximate surface area is 294 Å². The van der Waals surface area contributed by atoms with Gasteiger partial charge in [0.2, 0.25) is 0 Å². The van der Waals surface area contributed by atoms with E-state index in [2.05, 4.69) is 88.5 Å². The molecule has 0 aliphatic carbocycles. The van der Waals surface area contributed by atoms with Crippen molar-refractivity contribution in [2.24, 2.45) is 9.32 Å². The molecule has 43 heavy (non-hydrogen) atoms. The van der Waals surface area contributed by atoms with E-state index in [-0.39, 0.29) is 62.1 Å². The third kappa shape index (κ3) is 18.9. The van der Waals surface area contributed by atoms with Gasteiger partial charge < -0.3 is 63.9 Å². The van der Waals surface area contributed by atoms with Crippen LogP contribution in [0.2, 0.25) is 78.6 Å². The van der Waals surface area contributed by atoms with Gasteiger partial charge in [0.1, 0.15) is 28.1 Å². The number of aromatic carboxylic acids is 2. The Morgan fingerprint density at radius 1 is 0.535 bits per heavy atom. The zero-order valence-electron chi connectivity index (χ0n) is 27.4. The van der Waals surface area contributed by atoms with Crippen molar-refractivity contribution in [3.8, 4) is 0 Å². The first-order chi connectivity index (χ1) is 18.0. The summed E-state index contributed by atoms with van der Waals surface area (Å²) in [5.41, 5.74) is 1.63. The number of carboxylic acids is 2. The van der Waals surface area contributed by atoms with Crippen molar-refractivity contribution < 1.29 is 70.8 Å². The Bertz CT molecular complexity index is 1170. The van der Waals surface area contributed by atoms with Crippen molar-refractivity contribution in [3.63, 3.8) is 0 Å². The van der Waals surface area contributed by atoms with Crippen molar-refractivity contribution >= 4 is 56.6 Å². The van der Waals surface area contributed by atoms with Crippen molar-refractivity contribution in [2.45, 2.75) is 78.6 Å². The molecular weight excluding hydrogens is 731 g/mol. The van der Waals surface area contributed by atoms with E-state index in [0.29, 0.717) is 22.8 Å². The number of carbonyl (C=O) groups excluding carboxylic acids is 2. The number of hydrogen-bond donors (Lipinski definition) is 2. The molecule has 0 bridgehead atoms. The number of hydrogen-bond acceptors (Lipinski definition) is 6. The first-order valence-corrected chi connectivity index (χ1v) is 27.3. The van der Waals surface area contributed by atoms with Crippen LogP contribution in [0.1, 0.15) is 31.8 Å². The van der Waals surface area contributed by atoms with Crippen LogP contribution in [0.3, 0.4) is 0 Å². The number of amidine groups is 2. The molecule has 236 valence electrons. The molecule has 0 aromatic heterocycles. The number of carbonyl (C=O) groups is 2. The molecule has 2 N–H and O–H groups in total. The van der Waals surface area contributed by atoms with Gasteiger partial charge in [-0.3, -0.25) is 0 Å². The molecule has 15 heteroatoms. The summed E-state index contributed by atoms with van der Waals surface area (Å²) in [5.74, 6) is -0.936. The van der Waals surface area contributed by atoms with Gasteiger partial charge in [0.15, 0.2) is 16.5 Å². The first-order valence-electron chi connectivity index (χ1n) is 13.4. The summed E-state index contributed by atoms with van der Waals surface area (Å²) in [6, 6.07) is 13.8. The zero-order valence-corrected chi connectivity index (χ0v) is 35.4. The minimum atomic E-state index is -1.73. The third-order valence-corrected chi connectivity index (χ3v) is 8.45. The summed E-state index contributed by atoms with van der Waals surface area (Å²) in [4.78, 5) is 29.5. The fourth-order valence-corrected chi connectivity index (χ4v) is 7.15. The van der Waals surface area contributed by atoms with Crippen LogP contribution in [0.25, 0.3) is 0 Å². The van der Waals surface area contributed by atoms with Crippen LogP contribution in [-0.2, 0) is 26.2 Å². The molecular formula is C28H46Cl2N4O4Si4Zr. The predicted octanol–water partition coefficient (Wildman–Crippen LogP) is -1.88. The smallest absolute Gasteiger partial charge is 1.00 e. The molecule has 0 aliphatic heterocycles. The van der Waals surface area contributed by atoms with Crippen LogP contribution in [0, 0.1) is 0 Å². The minimum Gasteiger partial charge on any atom is -1.00 e. The summed E-state index contributed by atoms with van der Waals surface area (Å²) < 4.78 is 9.59. The van der Waals surface area contributed by atoms with Gasteiger partial charge in [0.05, 0.1) is 11.9 Å². The normalized spacial score (nSPS) is 12.3. The van der Waals surface area contributed by atoms with E-state index in [1.165, 1.54) is 0 Å². The van der Waals surface area contributed by atoms with E-state index >= 15 is 0 Å². The maximum atomic E-state index is 11.3. The molecule has 0 saturated heterocycles. The van der Waals surface area contributed by atoms with Crippen LogP contribution >= 0.6 is 0 Å². The van der Waals surface area contributed by atoms with Crippen LogP contribution in [0.4, 0.5) is 0 Å². The summed E-state index contributed by atoms with van der Waals surface area (Å²) in [7, 11) is -6.72. The topological polar surface area (TPSA) is 129 Å². The van der Waals surface area contributed by atoms with E-state index < -0.39 is 44.9 Å². The predicted molar refractivity (Wildman–Crippen MR) is 174 cm³/mol. The van der Waals surface area contributed by atoms with Gasteiger partial charge in [-0.05, 0) is 39.3 Å². The molecule has 0 heterocycles. The molecule has 0 atom stereocenters. The van der Waals surface area contributed by atoms with Crippen molar-refractivity contribution in [2.75, 3.05) is 0 Å². The Hall–Kier alpha value is -1.35. The summed E-state index contributed by atoms with van der Waals surface area (Å²) in [6.07, 6.45) is 0. The second kappa shape index (κ2) is 18.6. The van der Waals surface area contributed by atoms with Crippen molar-refractivity contribution in [1.82, 2.24) is 9.96 Å². The molecule has 0 fully saturated rings. The minimum absolute atomic E-state index is 0. The Kier molecular flexibility index (Phi) is 19.9. The summed E-state index contributed by atoms with van der Waals surface area (Å²) in [6.45, 7) is 25.7. The van der Waals surface area contributed by atoms with E-state index in [1.54, 1.807) is 36.4 Å². The van der Waals surface area contributed by atoms with Crippen LogP contribution in [0.15, 0.2) is 57.8 Å². The van der Waals surface area contributed by atoms with Gasteiger partial charge in [0, 0.05) is 22.3 Å². The molecule has 2 aromatic carbocycles. The van der Waals surface area contributed by atoms with Crippen LogP contribution in [0.5, 0.6) is 0 Å². The molecule has 8 nitrogen and oxygen atoms in total. The van der Waals surface area contributed by atoms with Crippen LogP contribution in [-0.4, -0.2) is 56.6 Å². The summed E-state index contributed by atoms with van der Waals surface area (Å²) in [5, 5.41) is 22.6. The maximum Gasteiger partial charge on any atom is 4.00 e. The van der Waals surface area contributed by atoms with E-state index in [1.807, 2.05) is 12.1 Å². The Morgan fingerprint density at radius 2 is 0.767 bits per heavy atom. The largest absolute Gasteiger partial charge is 4.00 e. The quantitative estimate of drug-likeness (QED) is 0.184. The number of carboxylic acid groups (broad SMARTS) is 2. The van der Waals surface area contributed by atoms with Gasteiger partial charge in [-0.15, -0.1) is 0 Å². The summed E-state index contributed by atoms with van der Waals surface area (Å²) >= 11 is 0. The fraction of sp³-hybridized carbons (Fsp3) is 0.429.